The molecule has 0 N–H and O–H groups in total. The third-order valence-corrected chi connectivity index (χ3v) is 5.02. The Morgan fingerprint density at radius 3 is 2.71 bits per heavy atom. The van der Waals surface area contributed by atoms with Crippen molar-refractivity contribution < 1.29 is 14.0 Å². The Kier molecular flexibility index (Phi) is 6.27. The summed E-state index contributed by atoms with van der Waals surface area (Å²) < 4.78 is 5.65. The van der Waals surface area contributed by atoms with Crippen molar-refractivity contribution in [2.24, 2.45) is 0 Å². The number of aryl methyl sites for hydroxylation is 2. The zero-order valence-electron chi connectivity index (χ0n) is 16.4. The van der Waals surface area contributed by atoms with Crippen LogP contribution in [0.2, 0.25) is 0 Å². The summed E-state index contributed by atoms with van der Waals surface area (Å²) >= 11 is 0. The Morgan fingerprint density at radius 1 is 1.18 bits per heavy atom. The van der Waals surface area contributed by atoms with E-state index in [2.05, 4.69) is 11.0 Å². The Hall–Kier alpha value is -2.91. The molecule has 6 nitrogen and oxygen atoms in total. The van der Waals surface area contributed by atoms with Crippen LogP contribution in [0.15, 0.2) is 34.9 Å². The Bertz CT molecular complexity index is 908. The molecular formula is C22H25N3O3. The zero-order chi connectivity index (χ0) is 20.1. The molecule has 28 heavy (non-hydrogen) atoms. The number of furan rings is 1. The fraction of sp³-hybridized carbons (Fsp3) is 0.409. The highest BCUT2D eigenvalue weighted by Crippen LogP contribution is 2.29. The van der Waals surface area contributed by atoms with Crippen LogP contribution in [-0.4, -0.2) is 55.2 Å². The van der Waals surface area contributed by atoms with Crippen LogP contribution >= 0.6 is 0 Å². The van der Waals surface area contributed by atoms with Crippen molar-refractivity contribution in [3.8, 4) is 6.07 Å². The van der Waals surface area contributed by atoms with Crippen molar-refractivity contribution in [3.05, 3.63) is 58.5 Å². The van der Waals surface area contributed by atoms with Gasteiger partial charge in [-0.15, -0.1) is 0 Å². The zero-order valence-corrected chi connectivity index (χ0v) is 16.4. The molecule has 0 spiro atoms. The molecule has 1 aliphatic rings. The fourth-order valence-electron chi connectivity index (χ4n) is 3.58. The normalized spacial score (nSPS) is 12.9. The number of nitriles is 1. The number of nitrogens with zero attached hydrogens (tertiary/aromatic N) is 3. The van der Waals surface area contributed by atoms with Gasteiger partial charge in [0.2, 0.25) is 0 Å². The average Bonchev–Trinajstić information content (AvgIpc) is 3.06. The van der Waals surface area contributed by atoms with E-state index in [4.69, 9.17) is 9.68 Å². The monoisotopic (exact) mass is 379 g/mol. The molecule has 2 aromatic rings. The molecule has 146 valence electrons. The SMILES string of the molecule is CN(C)CCCN(CCC#N)C(=O)c1coc2c1C(=O)c1ccccc1CC2. The highest BCUT2D eigenvalue weighted by molar-refractivity contribution is 6.16. The summed E-state index contributed by atoms with van der Waals surface area (Å²) in [5.41, 5.74) is 2.29. The van der Waals surface area contributed by atoms with Crippen LogP contribution in [0.1, 0.15) is 50.4 Å². The summed E-state index contributed by atoms with van der Waals surface area (Å²) in [6, 6.07) is 9.60. The van der Waals surface area contributed by atoms with E-state index in [1.54, 1.807) is 11.0 Å². The maximum absolute atomic E-state index is 13.2. The fourth-order valence-corrected chi connectivity index (χ4v) is 3.58. The van der Waals surface area contributed by atoms with E-state index in [9.17, 15) is 9.59 Å². The average molecular weight is 379 g/mol. The minimum absolute atomic E-state index is 0.159. The van der Waals surface area contributed by atoms with Crippen LogP contribution in [0.3, 0.4) is 0 Å². The Balaban J connectivity index is 1.89. The van der Waals surface area contributed by atoms with Crippen LogP contribution in [0, 0.1) is 11.3 Å². The summed E-state index contributed by atoms with van der Waals surface area (Å²) in [6.45, 7) is 1.71. The second-order valence-electron chi connectivity index (χ2n) is 7.29. The van der Waals surface area contributed by atoms with E-state index in [1.165, 1.54) is 6.26 Å². The van der Waals surface area contributed by atoms with E-state index in [-0.39, 0.29) is 18.1 Å². The lowest BCUT2D eigenvalue weighted by atomic mass is 9.98. The molecule has 1 amide bonds. The van der Waals surface area contributed by atoms with Gasteiger partial charge < -0.3 is 14.2 Å². The minimum Gasteiger partial charge on any atom is -0.468 e. The molecule has 1 aromatic heterocycles. The molecule has 0 unspecified atom stereocenters. The van der Waals surface area contributed by atoms with Gasteiger partial charge in [0.15, 0.2) is 5.78 Å². The summed E-state index contributed by atoms with van der Waals surface area (Å²) in [6.07, 6.45) is 3.75. The van der Waals surface area contributed by atoms with E-state index >= 15 is 0 Å². The number of ketones is 1. The van der Waals surface area contributed by atoms with Crippen molar-refractivity contribution in [1.29, 1.82) is 5.26 Å². The van der Waals surface area contributed by atoms with Crippen LogP contribution in [0.25, 0.3) is 0 Å². The third-order valence-electron chi connectivity index (χ3n) is 5.02. The van der Waals surface area contributed by atoms with Crippen molar-refractivity contribution in [2.75, 3.05) is 33.7 Å². The molecule has 0 bridgehead atoms. The number of amides is 1. The first kappa shape index (κ1) is 19.8. The molecule has 0 radical (unpaired) electrons. The molecule has 0 aliphatic heterocycles. The van der Waals surface area contributed by atoms with Gasteiger partial charge in [0.05, 0.1) is 23.6 Å². The van der Waals surface area contributed by atoms with E-state index in [1.807, 2.05) is 32.3 Å². The van der Waals surface area contributed by atoms with Gasteiger partial charge in [0.25, 0.3) is 5.91 Å². The summed E-state index contributed by atoms with van der Waals surface area (Å²) in [4.78, 5) is 30.1. The molecule has 0 atom stereocenters. The van der Waals surface area contributed by atoms with Crippen molar-refractivity contribution in [1.82, 2.24) is 9.80 Å². The van der Waals surface area contributed by atoms with Gasteiger partial charge in [-0.1, -0.05) is 24.3 Å². The number of benzene rings is 1. The molecule has 6 heteroatoms. The molecule has 0 saturated heterocycles. The van der Waals surface area contributed by atoms with Gasteiger partial charge >= 0.3 is 0 Å². The first-order valence-electron chi connectivity index (χ1n) is 9.57. The second kappa shape index (κ2) is 8.85. The number of hydrogen-bond acceptors (Lipinski definition) is 5. The molecule has 3 rings (SSSR count). The lowest BCUT2D eigenvalue weighted by Gasteiger charge is -2.22. The first-order valence-corrected chi connectivity index (χ1v) is 9.57. The minimum atomic E-state index is -0.244. The molecular weight excluding hydrogens is 354 g/mol. The quantitative estimate of drug-likeness (QED) is 0.739. The van der Waals surface area contributed by atoms with Gasteiger partial charge in [-0.2, -0.15) is 5.26 Å². The van der Waals surface area contributed by atoms with Crippen LogP contribution in [0.5, 0.6) is 0 Å². The van der Waals surface area contributed by atoms with E-state index in [0.29, 0.717) is 48.4 Å². The smallest absolute Gasteiger partial charge is 0.257 e. The maximum atomic E-state index is 13.2. The molecule has 1 heterocycles. The molecule has 1 aromatic carbocycles. The van der Waals surface area contributed by atoms with Gasteiger partial charge in [0, 0.05) is 25.1 Å². The third kappa shape index (κ3) is 4.15. The predicted molar refractivity (Wildman–Crippen MR) is 105 cm³/mol. The number of rotatable bonds is 7. The Labute approximate surface area is 165 Å². The Morgan fingerprint density at radius 2 is 1.96 bits per heavy atom. The van der Waals surface area contributed by atoms with Crippen LogP contribution in [0.4, 0.5) is 0 Å². The summed E-state index contributed by atoms with van der Waals surface area (Å²) in [7, 11) is 3.96. The topological polar surface area (TPSA) is 77.6 Å². The predicted octanol–water partition coefficient (Wildman–Crippen LogP) is 2.92. The second-order valence-corrected chi connectivity index (χ2v) is 7.29. The molecule has 1 aliphatic carbocycles. The lowest BCUT2D eigenvalue weighted by Crippen LogP contribution is -2.35. The van der Waals surface area contributed by atoms with Crippen LogP contribution < -0.4 is 0 Å². The van der Waals surface area contributed by atoms with E-state index < -0.39 is 0 Å². The maximum Gasteiger partial charge on any atom is 0.257 e. The molecule has 0 fully saturated rings. The van der Waals surface area contributed by atoms with Gasteiger partial charge in [-0.25, -0.2) is 0 Å². The van der Waals surface area contributed by atoms with Crippen molar-refractivity contribution >= 4 is 11.7 Å². The highest BCUT2D eigenvalue weighted by atomic mass is 16.3. The van der Waals surface area contributed by atoms with E-state index in [0.717, 1.165) is 18.5 Å². The number of hydrogen-bond donors (Lipinski definition) is 0. The number of carbonyl (C=O) groups excluding carboxylic acids is 2. The van der Waals surface area contributed by atoms with Crippen molar-refractivity contribution in [3.63, 3.8) is 0 Å². The van der Waals surface area contributed by atoms with Crippen molar-refractivity contribution in [2.45, 2.75) is 25.7 Å². The lowest BCUT2D eigenvalue weighted by molar-refractivity contribution is 0.0749. The number of carbonyl (C=O) groups is 2. The summed E-state index contributed by atoms with van der Waals surface area (Å²) in [5, 5.41) is 8.95. The van der Waals surface area contributed by atoms with Gasteiger partial charge in [0.1, 0.15) is 12.0 Å². The molecule has 0 saturated carbocycles. The standard InChI is InChI=1S/C22H25N3O3/c1-24(2)12-6-14-25(13-5-11-23)22(27)18-15-28-19-10-9-16-7-3-4-8-17(16)21(26)20(18)19/h3-4,7-8,15H,5-6,9-10,12-14H2,1-2H3. The largest absolute Gasteiger partial charge is 0.468 e. The first-order chi connectivity index (χ1) is 13.5. The number of fused-ring (bicyclic) bond motifs is 2. The van der Waals surface area contributed by atoms with Gasteiger partial charge in [-0.3, -0.25) is 9.59 Å². The van der Waals surface area contributed by atoms with Crippen LogP contribution in [-0.2, 0) is 12.8 Å². The highest BCUT2D eigenvalue weighted by Gasteiger charge is 2.31. The summed E-state index contributed by atoms with van der Waals surface area (Å²) in [5.74, 6) is 0.165. The van der Waals surface area contributed by atoms with Gasteiger partial charge in [-0.05, 0) is 39.0 Å².